The molecule has 2 bridgehead atoms. The van der Waals surface area contributed by atoms with Crippen LogP contribution in [-0.4, -0.2) is 109 Å². The van der Waals surface area contributed by atoms with E-state index in [2.05, 4.69) is 44.1 Å². The van der Waals surface area contributed by atoms with Crippen molar-refractivity contribution < 1.29 is 18.0 Å². The molecular formula is C41H45F3N12O. The number of aromatic nitrogens is 7. The molecule has 3 saturated heterocycles. The van der Waals surface area contributed by atoms with Gasteiger partial charge in [-0.2, -0.15) is 15.1 Å². The lowest BCUT2D eigenvalue weighted by atomic mass is 9.89. The van der Waals surface area contributed by atoms with Crippen LogP contribution in [0.2, 0.25) is 0 Å². The molecule has 16 heteroatoms. The molecular weight excluding hydrogens is 734 g/mol. The molecule has 3 aliphatic rings. The second kappa shape index (κ2) is 15.0. The first kappa shape index (κ1) is 37.0. The molecule has 4 unspecified atom stereocenters. The van der Waals surface area contributed by atoms with Crippen LogP contribution in [-0.2, 0) is 11.3 Å². The SMILES string of the molecule is CCCN(C)CCCn1c(C)nc2cc(F)cc(-c3cccc(NC4CC(C=O)N(c5nc(N6C7CNCC6C7)nc6c5cnn6-c5ccc(F)cc5F)C4)n3)c21. The van der Waals surface area contributed by atoms with Crippen molar-refractivity contribution in [3.63, 3.8) is 0 Å². The molecule has 4 aromatic heterocycles. The highest BCUT2D eigenvalue weighted by atomic mass is 19.1. The van der Waals surface area contributed by atoms with Gasteiger partial charge in [0.15, 0.2) is 11.5 Å². The molecule has 2 aromatic carbocycles. The summed E-state index contributed by atoms with van der Waals surface area (Å²) in [6.45, 7) is 8.80. The van der Waals surface area contributed by atoms with Crippen LogP contribution in [0.1, 0.15) is 38.4 Å². The molecule has 296 valence electrons. The number of piperazine rings is 1. The number of anilines is 3. The third-order valence-electron chi connectivity index (χ3n) is 11.5. The van der Waals surface area contributed by atoms with Gasteiger partial charge in [0.1, 0.15) is 41.1 Å². The monoisotopic (exact) mass is 778 g/mol. The number of fused-ring (bicyclic) bond motifs is 4. The molecule has 0 spiro atoms. The number of aryl methyl sites for hydroxylation is 2. The normalized spacial score (nSPS) is 20.5. The van der Waals surface area contributed by atoms with Gasteiger partial charge in [-0.15, -0.1) is 0 Å². The number of aldehydes is 1. The summed E-state index contributed by atoms with van der Waals surface area (Å²) in [7, 11) is 2.12. The topological polar surface area (TPSA) is 125 Å². The fraction of sp³-hybridized carbons (Fsp3) is 0.415. The van der Waals surface area contributed by atoms with Crippen LogP contribution >= 0.6 is 0 Å². The van der Waals surface area contributed by atoms with Gasteiger partial charge in [-0.1, -0.05) is 13.0 Å². The van der Waals surface area contributed by atoms with Crippen LogP contribution in [0.25, 0.3) is 39.0 Å². The maximum absolute atomic E-state index is 15.1. The van der Waals surface area contributed by atoms with Gasteiger partial charge in [-0.3, -0.25) is 0 Å². The van der Waals surface area contributed by atoms with Crippen LogP contribution in [0.4, 0.5) is 30.8 Å². The zero-order chi connectivity index (χ0) is 39.4. The number of benzene rings is 2. The Hall–Kier alpha value is -5.61. The Bertz CT molecular complexity index is 2460. The largest absolute Gasteiger partial charge is 0.365 e. The van der Waals surface area contributed by atoms with E-state index in [0.29, 0.717) is 58.4 Å². The molecule has 57 heavy (non-hydrogen) atoms. The number of carbonyl (C=O) groups is 1. The number of nitrogens with one attached hydrogen (secondary N) is 2. The summed E-state index contributed by atoms with van der Waals surface area (Å²) in [4.78, 5) is 38.8. The van der Waals surface area contributed by atoms with Gasteiger partial charge in [0.05, 0.1) is 34.4 Å². The molecule has 7 heterocycles. The maximum Gasteiger partial charge on any atom is 0.230 e. The first-order valence-electron chi connectivity index (χ1n) is 19.7. The third-order valence-corrected chi connectivity index (χ3v) is 11.5. The van der Waals surface area contributed by atoms with E-state index in [0.717, 1.165) is 75.7 Å². The van der Waals surface area contributed by atoms with Crippen molar-refractivity contribution in [1.29, 1.82) is 0 Å². The number of imidazole rings is 1. The van der Waals surface area contributed by atoms with E-state index in [1.54, 1.807) is 6.20 Å². The van der Waals surface area contributed by atoms with E-state index < -0.39 is 17.7 Å². The number of hydrogen-bond acceptors (Lipinski definition) is 11. The first-order valence-corrected chi connectivity index (χ1v) is 19.7. The third kappa shape index (κ3) is 6.83. The molecule has 0 aliphatic carbocycles. The maximum atomic E-state index is 15.1. The van der Waals surface area contributed by atoms with Gasteiger partial charge in [-0.05, 0) is 83.1 Å². The molecule has 4 atom stereocenters. The van der Waals surface area contributed by atoms with Crippen molar-refractivity contribution in [2.24, 2.45) is 0 Å². The van der Waals surface area contributed by atoms with E-state index in [9.17, 15) is 9.18 Å². The Kier molecular flexibility index (Phi) is 9.76. The Labute approximate surface area is 327 Å². The minimum Gasteiger partial charge on any atom is -0.365 e. The van der Waals surface area contributed by atoms with Gasteiger partial charge in [0, 0.05) is 62.0 Å². The minimum absolute atomic E-state index is 0.0553. The van der Waals surface area contributed by atoms with Crippen molar-refractivity contribution >= 4 is 45.9 Å². The van der Waals surface area contributed by atoms with Gasteiger partial charge in [0.2, 0.25) is 5.95 Å². The number of halogens is 3. The number of rotatable bonds is 13. The second-order valence-electron chi connectivity index (χ2n) is 15.5. The van der Waals surface area contributed by atoms with Crippen LogP contribution in [0.15, 0.2) is 54.7 Å². The highest BCUT2D eigenvalue weighted by Gasteiger charge is 2.44. The van der Waals surface area contributed by atoms with Crippen molar-refractivity contribution in [3.05, 3.63) is 78.0 Å². The molecule has 0 radical (unpaired) electrons. The highest BCUT2D eigenvalue weighted by molar-refractivity contribution is 5.93. The van der Waals surface area contributed by atoms with E-state index in [1.807, 2.05) is 30.0 Å². The number of hydrogen-bond donors (Lipinski definition) is 2. The van der Waals surface area contributed by atoms with E-state index >= 15 is 8.78 Å². The summed E-state index contributed by atoms with van der Waals surface area (Å²) >= 11 is 0. The van der Waals surface area contributed by atoms with E-state index in [4.69, 9.17) is 19.9 Å². The lowest BCUT2D eigenvalue weighted by Crippen LogP contribution is -2.68. The Balaban J connectivity index is 1.02. The van der Waals surface area contributed by atoms with Crippen molar-refractivity contribution in [2.45, 2.75) is 70.2 Å². The summed E-state index contributed by atoms with van der Waals surface area (Å²) in [5.74, 6) is 0.538. The van der Waals surface area contributed by atoms with Gasteiger partial charge >= 0.3 is 0 Å². The highest BCUT2D eigenvalue weighted by Crippen LogP contribution is 2.38. The summed E-state index contributed by atoms with van der Waals surface area (Å²) in [5.41, 5.74) is 3.11. The van der Waals surface area contributed by atoms with Crippen molar-refractivity contribution in [3.8, 4) is 16.9 Å². The minimum atomic E-state index is -0.772. The van der Waals surface area contributed by atoms with E-state index in [1.165, 1.54) is 28.9 Å². The summed E-state index contributed by atoms with van der Waals surface area (Å²) in [6, 6.07) is 11.6. The fourth-order valence-corrected chi connectivity index (χ4v) is 8.88. The molecule has 13 nitrogen and oxygen atoms in total. The molecule has 2 N–H and O–H groups in total. The first-order chi connectivity index (χ1) is 27.7. The van der Waals surface area contributed by atoms with Gasteiger partial charge in [0.25, 0.3) is 0 Å². The van der Waals surface area contributed by atoms with Crippen molar-refractivity contribution in [1.82, 2.24) is 44.5 Å². The quantitative estimate of drug-likeness (QED) is 0.145. The number of carbonyl (C=O) groups excluding carboxylic acids is 1. The molecule has 9 rings (SSSR count). The van der Waals surface area contributed by atoms with Crippen molar-refractivity contribution in [2.75, 3.05) is 54.9 Å². The van der Waals surface area contributed by atoms with Crippen LogP contribution in [0, 0.1) is 24.4 Å². The van der Waals surface area contributed by atoms with Crippen LogP contribution in [0.3, 0.4) is 0 Å². The number of nitrogens with zero attached hydrogens (tertiary/aromatic N) is 10. The average Bonchev–Trinajstić information content (AvgIpc) is 3.89. The van der Waals surface area contributed by atoms with Gasteiger partial charge in [-0.25, -0.2) is 27.8 Å². The zero-order valence-corrected chi connectivity index (χ0v) is 32.2. The summed E-state index contributed by atoms with van der Waals surface area (Å²) in [6.07, 6.45) is 5.96. The standard InChI is InChI=1S/C41H45F3N12O/c1-4-11-52(3)12-6-13-53-24(2)47-35-16-26(43)14-31(38(35)53)34-7-5-8-37(49-34)48-27-17-30(23-57)54(22-27)39-32-21-46-56(36-10-9-25(42)15-33(36)44)40(32)51-41(50-39)55-28-18-29(55)20-45-19-28/h5,7-10,14-16,21,23,27-30,45H,4,6,11-13,17-20,22H2,1-3H3,(H,48,49). The lowest BCUT2D eigenvalue weighted by molar-refractivity contribution is -0.108. The molecule has 3 fully saturated rings. The second-order valence-corrected chi connectivity index (χ2v) is 15.5. The molecule has 6 aromatic rings. The Morgan fingerprint density at radius 2 is 1.82 bits per heavy atom. The summed E-state index contributed by atoms with van der Waals surface area (Å²) in [5, 5.41) is 12.0. The molecule has 0 amide bonds. The van der Waals surface area contributed by atoms with Crippen LogP contribution < -0.4 is 20.4 Å². The molecule has 3 aliphatic heterocycles. The lowest BCUT2D eigenvalue weighted by Gasteiger charge is -2.53. The Morgan fingerprint density at radius 1 is 0.982 bits per heavy atom. The number of pyridine rings is 1. The predicted molar refractivity (Wildman–Crippen MR) is 213 cm³/mol. The Morgan fingerprint density at radius 3 is 2.60 bits per heavy atom. The molecule has 0 saturated carbocycles. The predicted octanol–water partition coefficient (Wildman–Crippen LogP) is 5.49. The van der Waals surface area contributed by atoms with Gasteiger partial charge < -0.3 is 34.7 Å². The zero-order valence-electron chi connectivity index (χ0n) is 32.2. The smallest absolute Gasteiger partial charge is 0.230 e. The van der Waals surface area contributed by atoms with E-state index in [-0.39, 0.29) is 29.6 Å². The number of piperidine rings is 1. The average molecular weight is 779 g/mol. The summed E-state index contributed by atoms with van der Waals surface area (Å²) < 4.78 is 47.7. The fourth-order valence-electron chi connectivity index (χ4n) is 8.88. The van der Waals surface area contributed by atoms with Crippen LogP contribution in [0.5, 0.6) is 0 Å².